The molecular formula is C11H18ClN3. The van der Waals surface area contributed by atoms with Gasteiger partial charge in [-0.15, -0.1) is 0 Å². The summed E-state index contributed by atoms with van der Waals surface area (Å²) in [6.45, 7) is 4.35. The highest BCUT2D eigenvalue weighted by Gasteiger charge is 2.17. The standard InChI is InChI=1S/C11H18ClN3/c1-3-4-8(2)11(15-13)9-5-6-10(12)14-7-9/h5-8,11,15H,3-4,13H2,1-2H3. The molecule has 0 spiro atoms. The Morgan fingerprint density at radius 3 is 2.73 bits per heavy atom. The van der Waals surface area contributed by atoms with Gasteiger partial charge in [-0.05, 0) is 24.0 Å². The second kappa shape index (κ2) is 6.05. The fraction of sp³-hybridized carbons (Fsp3) is 0.545. The molecule has 2 unspecified atom stereocenters. The van der Waals surface area contributed by atoms with Crippen molar-refractivity contribution in [2.45, 2.75) is 32.7 Å². The third-order valence-electron chi connectivity index (χ3n) is 2.60. The van der Waals surface area contributed by atoms with Gasteiger partial charge in [0.25, 0.3) is 0 Å². The number of hydrogen-bond donors (Lipinski definition) is 2. The zero-order valence-electron chi connectivity index (χ0n) is 9.20. The van der Waals surface area contributed by atoms with Crippen LogP contribution in [0.2, 0.25) is 5.15 Å². The van der Waals surface area contributed by atoms with Gasteiger partial charge in [0.1, 0.15) is 5.15 Å². The molecule has 0 saturated heterocycles. The van der Waals surface area contributed by atoms with Crippen LogP contribution in [0, 0.1) is 5.92 Å². The van der Waals surface area contributed by atoms with Crippen molar-refractivity contribution in [1.29, 1.82) is 0 Å². The number of aromatic nitrogens is 1. The van der Waals surface area contributed by atoms with Crippen LogP contribution in [-0.2, 0) is 0 Å². The molecule has 0 bridgehead atoms. The molecule has 0 aliphatic heterocycles. The van der Waals surface area contributed by atoms with Crippen molar-refractivity contribution in [3.63, 3.8) is 0 Å². The van der Waals surface area contributed by atoms with E-state index in [1.54, 1.807) is 12.3 Å². The molecule has 0 saturated carbocycles. The number of pyridine rings is 1. The van der Waals surface area contributed by atoms with Gasteiger partial charge >= 0.3 is 0 Å². The lowest BCUT2D eigenvalue weighted by atomic mass is 9.92. The minimum Gasteiger partial charge on any atom is -0.271 e. The van der Waals surface area contributed by atoms with Crippen LogP contribution in [0.25, 0.3) is 0 Å². The number of rotatable bonds is 5. The molecule has 1 aromatic heterocycles. The zero-order valence-corrected chi connectivity index (χ0v) is 9.96. The van der Waals surface area contributed by atoms with Gasteiger partial charge in [-0.1, -0.05) is 37.9 Å². The number of nitrogens with one attached hydrogen (secondary N) is 1. The van der Waals surface area contributed by atoms with Crippen molar-refractivity contribution >= 4 is 11.6 Å². The van der Waals surface area contributed by atoms with E-state index in [4.69, 9.17) is 17.4 Å². The summed E-state index contributed by atoms with van der Waals surface area (Å²) in [6, 6.07) is 3.90. The smallest absolute Gasteiger partial charge is 0.129 e. The molecule has 0 amide bonds. The predicted molar refractivity (Wildman–Crippen MR) is 63.4 cm³/mol. The Bertz CT molecular complexity index is 286. The van der Waals surface area contributed by atoms with Crippen LogP contribution < -0.4 is 11.3 Å². The van der Waals surface area contributed by atoms with Crippen molar-refractivity contribution in [3.05, 3.63) is 29.0 Å². The summed E-state index contributed by atoms with van der Waals surface area (Å²) in [7, 11) is 0. The summed E-state index contributed by atoms with van der Waals surface area (Å²) in [5, 5.41) is 0.512. The topological polar surface area (TPSA) is 50.9 Å². The maximum atomic E-state index is 5.74. The van der Waals surface area contributed by atoms with Crippen LogP contribution in [0.1, 0.15) is 38.3 Å². The van der Waals surface area contributed by atoms with Gasteiger partial charge in [0, 0.05) is 6.20 Å². The van der Waals surface area contributed by atoms with Gasteiger partial charge in [-0.3, -0.25) is 11.3 Å². The molecule has 3 N–H and O–H groups in total. The van der Waals surface area contributed by atoms with Crippen molar-refractivity contribution in [2.24, 2.45) is 11.8 Å². The highest BCUT2D eigenvalue weighted by atomic mass is 35.5. The normalized spacial score (nSPS) is 14.9. The molecule has 2 atom stereocenters. The summed E-state index contributed by atoms with van der Waals surface area (Å²) in [5.74, 6) is 6.05. The summed E-state index contributed by atoms with van der Waals surface area (Å²) < 4.78 is 0. The van der Waals surface area contributed by atoms with Crippen molar-refractivity contribution in [3.8, 4) is 0 Å². The molecule has 4 heteroatoms. The highest BCUT2D eigenvalue weighted by Crippen LogP contribution is 2.24. The lowest BCUT2D eigenvalue weighted by molar-refractivity contribution is 0.367. The van der Waals surface area contributed by atoms with Crippen LogP contribution >= 0.6 is 11.6 Å². The minimum atomic E-state index is 0.148. The van der Waals surface area contributed by atoms with Crippen molar-refractivity contribution in [2.75, 3.05) is 0 Å². The third-order valence-corrected chi connectivity index (χ3v) is 2.83. The minimum absolute atomic E-state index is 0.148. The number of nitrogens with zero attached hydrogens (tertiary/aromatic N) is 1. The highest BCUT2D eigenvalue weighted by molar-refractivity contribution is 6.29. The molecule has 0 aliphatic rings. The first kappa shape index (κ1) is 12.4. The number of halogens is 1. The van der Waals surface area contributed by atoms with Gasteiger partial charge in [0.15, 0.2) is 0 Å². The summed E-state index contributed by atoms with van der Waals surface area (Å²) in [5.41, 5.74) is 3.93. The van der Waals surface area contributed by atoms with E-state index >= 15 is 0 Å². The lowest BCUT2D eigenvalue weighted by Crippen LogP contribution is -2.32. The van der Waals surface area contributed by atoms with E-state index in [0.29, 0.717) is 11.1 Å². The average Bonchev–Trinajstić information content (AvgIpc) is 2.22. The third kappa shape index (κ3) is 3.45. The summed E-state index contributed by atoms with van der Waals surface area (Å²) >= 11 is 5.74. The first-order valence-corrected chi connectivity index (χ1v) is 5.64. The predicted octanol–water partition coefficient (Wildman–Crippen LogP) is 2.68. The Morgan fingerprint density at radius 2 is 2.27 bits per heavy atom. The largest absolute Gasteiger partial charge is 0.271 e. The fourth-order valence-electron chi connectivity index (χ4n) is 1.78. The summed E-state index contributed by atoms with van der Waals surface area (Å²) in [4.78, 5) is 4.06. The Balaban J connectivity index is 2.77. The molecule has 0 aromatic carbocycles. The zero-order chi connectivity index (χ0) is 11.3. The molecule has 1 rings (SSSR count). The van der Waals surface area contributed by atoms with E-state index in [2.05, 4.69) is 24.3 Å². The molecule has 0 aliphatic carbocycles. The fourth-order valence-corrected chi connectivity index (χ4v) is 1.89. The van der Waals surface area contributed by atoms with Crippen LogP contribution in [0.5, 0.6) is 0 Å². The van der Waals surface area contributed by atoms with Gasteiger partial charge < -0.3 is 0 Å². The maximum absolute atomic E-state index is 5.74. The van der Waals surface area contributed by atoms with Crippen LogP contribution in [0.4, 0.5) is 0 Å². The first-order valence-electron chi connectivity index (χ1n) is 5.26. The molecule has 84 valence electrons. The van der Waals surface area contributed by atoms with Crippen LogP contribution in [0.3, 0.4) is 0 Å². The van der Waals surface area contributed by atoms with E-state index < -0.39 is 0 Å². The molecule has 1 aromatic rings. The second-order valence-corrected chi connectivity index (χ2v) is 4.21. The number of hydrogen-bond acceptors (Lipinski definition) is 3. The lowest BCUT2D eigenvalue weighted by Gasteiger charge is -2.22. The number of nitrogens with two attached hydrogens (primary N) is 1. The Hall–Kier alpha value is -0.640. The quantitative estimate of drug-likeness (QED) is 0.462. The molecule has 15 heavy (non-hydrogen) atoms. The first-order chi connectivity index (χ1) is 7.19. The van der Waals surface area contributed by atoms with Crippen molar-refractivity contribution in [1.82, 2.24) is 10.4 Å². The Kier molecular flexibility index (Phi) is 5.02. The molecule has 1 heterocycles. The van der Waals surface area contributed by atoms with E-state index in [0.717, 1.165) is 18.4 Å². The molecule has 0 fully saturated rings. The van der Waals surface area contributed by atoms with Gasteiger partial charge in [-0.2, -0.15) is 0 Å². The van der Waals surface area contributed by atoms with Crippen molar-refractivity contribution < 1.29 is 0 Å². The van der Waals surface area contributed by atoms with Gasteiger partial charge in [0.2, 0.25) is 0 Å². The SMILES string of the molecule is CCCC(C)C(NN)c1ccc(Cl)nc1. The average molecular weight is 228 g/mol. The molecular weight excluding hydrogens is 210 g/mol. The van der Waals surface area contributed by atoms with E-state index in [-0.39, 0.29) is 6.04 Å². The van der Waals surface area contributed by atoms with E-state index in [1.165, 1.54) is 0 Å². The molecule has 3 nitrogen and oxygen atoms in total. The summed E-state index contributed by atoms with van der Waals surface area (Å²) in [6.07, 6.45) is 4.07. The van der Waals surface area contributed by atoms with Gasteiger partial charge in [-0.25, -0.2) is 4.98 Å². The van der Waals surface area contributed by atoms with E-state index in [1.807, 2.05) is 6.07 Å². The number of hydrazine groups is 1. The molecule has 0 radical (unpaired) electrons. The monoisotopic (exact) mass is 227 g/mol. The van der Waals surface area contributed by atoms with Crippen LogP contribution in [-0.4, -0.2) is 4.98 Å². The Labute approximate surface area is 96.0 Å². The van der Waals surface area contributed by atoms with Gasteiger partial charge in [0.05, 0.1) is 6.04 Å². The van der Waals surface area contributed by atoms with E-state index in [9.17, 15) is 0 Å². The van der Waals surface area contributed by atoms with Crippen LogP contribution in [0.15, 0.2) is 18.3 Å². The Morgan fingerprint density at radius 1 is 1.53 bits per heavy atom. The second-order valence-electron chi connectivity index (χ2n) is 3.82. The maximum Gasteiger partial charge on any atom is 0.129 e.